The summed E-state index contributed by atoms with van der Waals surface area (Å²) in [5.41, 5.74) is -0.265. The van der Waals surface area contributed by atoms with Gasteiger partial charge in [0, 0.05) is 42.3 Å². The van der Waals surface area contributed by atoms with Gasteiger partial charge in [-0.2, -0.15) is 0 Å². The molecule has 35 heavy (non-hydrogen) atoms. The van der Waals surface area contributed by atoms with Gasteiger partial charge in [-0.25, -0.2) is 9.59 Å². The predicted molar refractivity (Wildman–Crippen MR) is 116 cm³/mol. The van der Waals surface area contributed by atoms with Crippen LogP contribution in [0.1, 0.15) is 18.1 Å². The van der Waals surface area contributed by atoms with Crippen LogP contribution in [0, 0.1) is 20.2 Å². The number of amides is 1. The summed E-state index contributed by atoms with van der Waals surface area (Å²) in [6.07, 6.45) is 0. The number of nitrogens with zero attached hydrogens (tertiary/aromatic N) is 2. The van der Waals surface area contributed by atoms with E-state index in [2.05, 4.69) is 5.32 Å². The van der Waals surface area contributed by atoms with Crippen LogP contribution in [0.4, 0.5) is 11.4 Å². The third kappa shape index (κ3) is 7.12. The lowest BCUT2D eigenvalue weighted by atomic mass is 10.2. The van der Waals surface area contributed by atoms with Gasteiger partial charge in [0.1, 0.15) is 24.7 Å². The van der Waals surface area contributed by atoms with Gasteiger partial charge in [-0.05, 0) is 12.1 Å². The minimum Gasteiger partial charge on any atom is -0.496 e. The van der Waals surface area contributed by atoms with Gasteiger partial charge in [0.25, 0.3) is 11.4 Å². The highest BCUT2D eigenvalue weighted by Gasteiger charge is 2.31. The number of ether oxygens (including phenoxy) is 4. The normalized spacial score (nSPS) is 10.3. The Bertz CT molecular complexity index is 1070. The molecule has 0 heterocycles. The molecule has 0 aliphatic rings. The second-order valence-corrected chi connectivity index (χ2v) is 6.86. The Morgan fingerprint density at radius 2 is 1.23 bits per heavy atom. The largest absolute Gasteiger partial charge is 0.496 e. The van der Waals surface area contributed by atoms with Gasteiger partial charge < -0.3 is 24.3 Å². The molecular weight excluding hydrogens is 470 g/mol. The third-order valence-corrected chi connectivity index (χ3v) is 4.51. The van der Waals surface area contributed by atoms with Crippen LogP contribution < -0.4 is 14.8 Å². The number of nitro groups is 2. The first-order valence-electron chi connectivity index (χ1n) is 9.80. The highest BCUT2D eigenvalue weighted by molar-refractivity contribution is 6.02. The number of carbonyl (C=O) groups excluding carboxylic acids is 3. The summed E-state index contributed by atoms with van der Waals surface area (Å²) < 4.78 is 20.3. The fraction of sp³-hybridized carbons (Fsp3) is 0.286. The SMILES string of the molecule is COc1ccc([N+](=O)[O-])cc1COC(=O)C(NC(C)=O)C(=O)OCc1cc([N+](=O)[O-])ccc1OC. The summed E-state index contributed by atoms with van der Waals surface area (Å²) in [5, 5.41) is 24.1. The molecule has 14 nitrogen and oxygen atoms in total. The van der Waals surface area contributed by atoms with Crippen molar-refractivity contribution in [2.24, 2.45) is 0 Å². The molecule has 0 aromatic heterocycles. The van der Waals surface area contributed by atoms with E-state index in [4.69, 9.17) is 18.9 Å². The van der Waals surface area contributed by atoms with Crippen LogP contribution in [-0.2, 0) is 37.1 Å². The van der Waals surface area contributed by atoms with Crippen LogP contribution in [0.2, 0.25) is 0 Å². The van der Waals surface area contributed by atoms with Gasteiger partial charge in [0.15, 0.2) is 0 Å². The number of nitro benzene ring substituents is 2. The molecule has 0 aliphatic heterocycles. The molecule has 186 valence electrons. The predicted octanol–water partition coefficient (Wildman–Crippen LogP) is 1.81. The molecule has 2 aromatic carbocycles. The van der Waals surface area contributed by atoms with Crippen molar-refractivity contribution in [1.82, 2.24) is 5.32 Å². The Morgan fingerprint density at radius 1 is 0.829 bits per heavy atom. The second-order valence-electron chi connectivity index (χ2n) is 6.86. The zero-order valence-corrected chi connectivity index (χ0v) is 18.8. The number of rotatable bonds is 11. The van der Waals surface area contributed by atoms with Gasteiger partial charge >= 0.3 is 11.9 Å². The highest BCUT2D eigenvalue weighted by Crippen LogP contribution is 2.26. The molecule has 0 atom stereocenters. The first-order valence-corrected chi connectivity index (χ1v) is 9.80. The first kappa shape index (κ1) is 26.5. The van der Waals surface area contributed by atoms with E-state index >= 15 is 0 Å². The molecule has 1 N–H and O–H groups in total. The van der Waals surface area contributed by atoms with Crippen molar-refractivity contribution in [2.75, 3.05) is 14.2 Å². The summed E-state index contributed by atoms with van der Waals surface area (Å²) in [6.45, 7) is 0.0399. The Balaban J connectivity index is 2.16. The number of esters is 2. The number of benzene rings is 2. The maximum Gasteiger partial charge on any atom is 0.340 e. The molecule has 0 unspecified atom stereocenters. The topological polar surface area (TPSA) is 186 Å². The van der Waals surface area contributed by atoms with Crippen LogP contribution in [0.3, 0.4) is 0 Å². The average Bonchev–Trinajstić information content (AvgIpc) is 2.83. The maximum absolute atomic E-state index is 12.6. The molecule has 2 aromatic rings. The number of hydrogen-bond acceptors (Lipinski definition) is 11. The van der Waals surface area contributed by atoms with Crippen molar-refractivity contribution in [3.8, 4) is 11.5 Å². The highest BCUT2D eigenvalue weighted by atomic mass is 16.6. The second kappa shape index (κ2) is 11.9. The molecule has 0 radical (unpaired) electrons. The Hall–Kier alpha value is -4.75. The number of hydrogen-bond donors (Lipinski definition) is 1. The maximum atomic E-state index is 12.6. The van der Waals surface area contributed by atoms with Crippen LogP contribution >= 0.6 is 0 Å². The molecule has 0 aliphatic carbocycles. The third-order valence-electron chi connectivity index (χ3n) is 4.51. The molecule has 2 rings (SSSR count). The van der Waals surface area contributed by atoms with E-state index in [1.807, 2.05) is 0 Å². The first-order chi connectivity index (χ1) is 16.6. The summed E-state index contributed by atoms with van der Waals surface area (Å²) in [5.74, 6) is -2.76. The van der Waals surface area contributed by atoms with Crippen molar-refractivity contribution >= 4 is 29.2 Å². The Labute approximate surface area is 198 Å². The van der Waals surface area contributed by atoms with E-state index in [1.165, 1.54) is 38.5 Å². The summed E-state index contributed by atoms with van der Waals surface area (Å²) in [6, 6.07) is 5.41. The quantitative estimate of drug-likeness (QED) is 0.209. The van der Waals surface area contributed by atoms with Crippen molar-refractivity contribution < 1.29 is 43.2 Å². The van der Waals surface area contributed by atoms with E-state index in [1.54, 1.807) is 0 Å². The monoisotopic (exact) mass is 491 g/mol. The number of methoxy groups -OCH3 is 2. The van der Waals surface area contributed by atoms with Crippen molar-refractivity contribution in [1.29, 1.82) is 0 Å². The number of nitrogens with one attached hydrogen (secondary N) is 1. The fourth-order valence-electron chi connectivity index (χ4n) is 2.86. The molecule has 1 amide bonds. The van der Waals surface area contributed by atoms with Crippen LogP contribution in [0.5, 0.6) is 11.5 Å². The summed E-state index contributed by atoms with van der Waals surface area (Å²) in [4.78, 5) is 57.4. The van der Waals surface area contributed by atoms with E-state index < -0.39 is 46.9 Å². The fourth-order valence-corrected chi connectivity index (χ4v) is 2.86. The van der Waals surface area contributed by atoms with E-state index in [-0.39, 0.29) is 34.0 Å². The van der Waals surface area contributed by atoms with Gasteiger partial charge in [0.2, 0.25) is 11.9 Å². The average molecular weight is 491 g/mol. The molecule has 0 bridgehead atoms. The lowest BCUT2D eigenvalue weighted by molar-refractivity contribution is -0.385. The number of carbonyl (C=O) groups is 3. The molecule has 0 spiro atoms. The summed E-state index contributed by atoms with van der Waals surface area (Å²) in [7, 11) is 2.62. The van der Waals surface area contributed by atoms with Crippen molar-refractivity contribution in [3.63, 3.8) is 0 Å². The molecular formula is C21H21N3O11. The molecule has 0 saturated carbocycles. The molecule has 0 fully saturated rings. The Morgan fingerprint density at radius 3 is 1.54 bits per heavy atom. The lowest BCUT2D eigenvalue weighted by Crippen LogP contribution is -2.47. The van der Waals surface area contributed by atoms with E-state index in [0.717, 1.165) is 19.1 Å². The van der Waals surface area contributed by atoms with Crippen LogP contribution in [0.25, 0.3) is 0 Å². The standard InChI is InChI=1S/C21H21N3O11/c1-12(25)22-19(20(26)34-10-13-8-15(23(28)29)4-6-17(13)32-2)21(27)35-11-14-9-16(24(30)31)5-7-18(14)33-3/h4-9,19H,10-11H2,1-3H3,(H,22,25). The van der Waals surface area contributed by atoms with Gasteiger partial charge in [0.05, 0.1) is 24.1 Å². The summed E-state index contributed by atoms with van der Waals surface area (Å²) >= 11 is 0. The minimum atomic E-state index is -1.87. The van der Waals surface area contributed by atoms with Gasteiger partial charge in [-0.1, -0.05) is 0 Å². The zero-order chi connectivity index (χ0) is 26.1. The zero-order valence-electron chi connectivity index (χ0n) is 18.8. The minimum absolute atomic E-state index is 0.145. The van der Waals surface area contributed by atoms with E-state index in [0.29, 0.717) is 0 Å². The van der Waals surface area contributed by atoms with Crippen LogP contribution in [-0.4, -0.2) is 48.0 Å². The Kier molecular flexibility index (Phi) is 9.03. The number of non-ortho nitro benzene ring substituents is 2. The van der Waals surface area contributed by atoms with Gasteiger partial charge in [-0.3, -0.25) is 25.0 Å². The van der Waals surface area contributed by atoms with Crippen molar-refractivity contribution in [2.45, 2.75) is 26.2 Å². The van der Waals surface area contributed by atoms with Crippen molar-refractivity contribution in [3.05, 3.63) is 67.8 Å². The molecule has 0 saturated heterocycles. The lowest BCUT2D eigenvalue weighted by Gasteiger charge is -2.17. The molecule has 14 heteroatoms. The smallest absolute Gasteiger partial charge is 0.340 e. The van der Waals surface area contributed by atoms with Crippen LogP contribution in [0.15, 0.2) is 36.4 Å². The van der Waals surface area contributed by atoms with Gasteiger partial charge in [-0.15, -0.1) is 0 Å². The van der Waals surface area contributed by atoms with E-state index in [9.17, 15) is 34.6 Å².